The lowest BCUT2D eigenvalue weighted by Crippen LogP contribution is -2.60. The highest BCUT2D eigenvalue weighted by atomic mass is 19.1. The van der Waals surface area contributed by atoms with Crippen molar-refractivity contribution in [2.24, 2.45) is 5.92 Å². The first-order valence-electron chi connectivity index (χ1n) is 10.9. The van der Waals surface area contributed by atoms with Crippen LogP contribution in [0.5, 0.6) is 5.75 Å². The molecule has 5 rings (SSSR count). The molecule has 2 heterocycles. The Morgan fingerprint density at radius 3 is 2.56 bits per heavy atom. The molecule has 1 N–H and O–H groups in total. The molecule has 2 aliphatic heterocycles. The highest BCUT2D eigenvalue weighted by Crippen LogP contribution is 2.39. The van der Waals surface area contributed by atoms with E-state index in [1.807, 2.05) is 48.5 Å². The summed E-state index contributed by atoms with van der Waals surface area (Å²) in [5.41, 5.74) is 4.07. The molecular formula is C26H26FN3O2. The summed E-state index contributed by atoms with van der Waals surface area (Å²) in [4.78, 5) is 18.0. The number of hydrogen-bond acceptors (Lipinski definition) is 4. The quantitative estimate of drug-likeness (QED) is 0.668. The van der Waals surface area contributed by atoms with Gasteiger partial charge in [0.25, 0.3) is 0 Å². The van der Waals surface area contributed by atoms with Gasteiger partial charge >= 0.3 is 0 Å². The summed E-state index contributed by atoms with van der Waals surface area (Å²) in [5.74, 6) is 0.384. The Balaban J connectivity index is 1.47. The lowest BCUT2D eigenvalue weighted by molar-refractivity contribution is -0.120. The third-order valence-electron chi connectivity index (χ3n) is 6.49. The van der Waals surface area contributed by atoms with Crippen molar-refractivity contribution in [1.29, 1.82) is 0 Å². The Bertz CT molecular complexity index is 1100. The van der Waals surface area contributed by atoms with Gasteiger partial charge in [-0.05, 0) is 54.4 Å². The van der Waals surface area contributed by atoms with Crippen LogP contribution in [-0.2, 0) is 11.2 Å². The number of ether oxygens (including phenoxy) is 1. The summed E-state index contributed by atoms with van der Waals surface area (Å²) in [6, 6.07) is 22.3. The van der Waals surface area contributed by atoms with Crippen molar-refractivity contribution in [3.8, 4) is 5.75 Å². The number of halogens is 1. The van der Waals surface area contributed by atoms with Crippen LogP contribution in [0.2, 0.25) is 0 Å². The molecule has 2 atom stereocenters. The van der Waals surface area contributed by atoms with Crippen molar-refractivity contribution in [3.05, 3.63) is 84.2 Å². The Morgan fingerprint density at radius 1 is 1.03 bits per heavy atom. The zero-order valence-corrected chi connectivity index (χ0v) is 18.0. The number of anilines is 3. The summed E-state index contributed by atoms with van der Waals surface area (Å²) < 4.78 is 18.9. The molecule has 6 heteroatoms. The first kappa shape index (κ1) is 20.4. The van der Waals surface area contributed by atoms with Gasteiger partial charge in [-0.25, -0.2) is 4.39 Å². The van der Waals surface area contributed by atoms with Gasteiger partial charge in [-0.2, -0.15) is 0 Å². The number of hydrogen-bond donors (Lipinski definition) is 1. The van der Waals surface area contributed by atoms with Crippen molar-refractivity contribution in [1.82, 2.24) is 0 Å². The van der Waals surface area contributed by atoms with Crippen LogP contribution < -0.4 is 19.9 Å². The third-order valence-corrected chi connectivity index (χ3v) is 6.49. The van der Waals surface area contributed by atoms with Crippen LogP contribution in [0.1, 0.15) is 5.56 Å². The molecule has 0 aromatic heterocycles. The molecule has 0 aliphatic carbocycles. The maximum Gasteiger partial charge on any atom is 0.229 e. The fourth-order valence-electron chi connectivity index (χ4n) is 4.85. The highest BCUT2D eigenvalue weighted by Gasteiger charge is 2.41. The molecule has 0 unspecified atom stereocenters. The maximum atomic E-state index is 13.4. The second kappa shape index (κ2) is 8.54. The number of rotatable bonds is 4. The standard InChI is InChI=1S/C26H26FN3O2/c1-32-22-12-7-18-15-23(26(31)28-20-5-3-2-4-6-20)25-17-29(13-14-30(25)24(18)16-22)21-10-8-19(27)9-11-21/h2-12,16,23,25H,13-15,17H2,1H3,(H,28,31)/t23-,25-/m0/s1. The highest BCUT2D eigenvalue weighted by molar-refractivity contribution is 5.94. The number of para-hydroxylation sites is 1. The van der Waals surface area contributed by atoms with Gasteiger partial charge < -0.3 is 19.9 Å². The lowest BCUT2D eigenvalue weighted by atomic mass is 9.83. The molecule has 1 amide bonds. The molecule has 2 aliphatic rings. The van der Waals surface area contributed by atoms with Crippen LogP contribution in [0, 0.1) is 11.7 Å². The average molecular weight is 432 g/mol. The lowest BCUT2D eigenvalue weighted by Gasteiger charge is -2.49. The molecule has 5 nitrogen and oxygen atoms in total. The van der Waals surface area contributed by atoms with Crippen LogP contribution in [0.4, 0.5) is 21.5 Å². The van der Waals surface area contributed by atoms with E-state index in [1.165, 1.54) is 12.1 Å². The minimum Gasteiger partial charge on any atom is -0.497 e. The molecule has 0 spiro atoms. The summed E-state index contributed by atoms with van der Waals surface area (Å²) >= 11 is 0. The fourth-order valence-corrected chi connectivity index (χ4v) is 4.85. The molecule has 0 bridgehead atoms. The van der Waals surface area contributed by atoms with Crippen molar-refractivity contribution in [3.63, 3.8) is 0 Å². The molecule has 0 radical (unpaired) electrons. The number of carbonyl (C=O) groups excluding carboxylic acids is 1. The monoisotopic (exact) mass is 431 g/mol. The van der Waals surface area contributed by atoms with E-state index >= 15 is 0 Å². The molecule has 1 saturated heterocycles. The summed E-state index contributed by atoms with van der Waals surface area (Å²) in [6.07, 6.45) is 0.663. The number of carbonyl (C=O) groups is 1. The number of benzene rings is 3. The predicted molar refractivity (Wildman–Crippen MR) is 125 cm³/mol. The zero-order chi connectivity index (χ0) is 22.1. The van der Waals surface area contributed by atoms with Crippen LogP contribution in [0.15, 0.2) is 72.8 Å². The number of piperazine rings is 1. The van der Waals surface area contributed by atoms with E-state index in [1.54, 1.807) is 7.11 Å². The van der Waals surface area contributed by atoms with Gasteiger partial charge in [0.15, 0.2) is 0 Å². The normalized spacial score (nSPS) is 19.7. The number of fused-ring (bicyclic) bond motifs is 3. The largest absolute Gasteiger partial charge is 0.497 e. The fraction of sp³-hybridized carbons (Fsp3) is 0.269. The van der Waals surface area contributed by atoms with E-state index in [4.69, 9.17) is 4.74 Å². The number of nitrogens with one attached hydrogen (secondary N) is 1. The Labute approximate surface area is 187 Å². The number of amides is 1. The molecule has 3 aromatic rings. The second-order valence-corrected chi connectivity index (χ2v) is 8.34. The van der Waals surface area contributed by atoms with E-state index in [0.29, 0.717) is 13.0 Å². The Morgan fingerprint density at radius 2 is 1.81 bits per heavy atom. The Hall–Kier alpha value is -3.54. The number of methoxy groups -OCH3 is 1. The van der Waals surface area contributed by atoms with Crippen molar-refractivity contribution < 1.29 is 13.9 Å². The SMILES string of the molecule is COc1ccc2c(c1)N1CCN(c3ccc(F)cc3)C[C@H]1[C@@H](C(=O)Nc1ccccc1)C2. The maximum absolute atomic E-state index is 13.4. The summed E-state index contributed by atoms with van der Waals surface area (Å²) in [7, 11) is 1.67. The molecule has 1 fully saturated rings. The van der Waals surface area contributed by atoms with E-state index in [-0.39, 0.29) is 23.7 Å². The van der Waals surface area contributed by atoms with Crippen molar-refractivity contribution in [2.75, 3.05) is 41.9 Å². The average Bonchev–Trinajstić information content (AvgIpc) is 2.84. The van der Waals surface area contributed by atoms with Gasteiger partial charge in [-0.3, -0.25) is 4.79 Å². The van der Waals surface area contributed by atoms with E-state index in [9.17, 15) is 9.18 Å². The first-order chi connectivity index (χ1) is 15.6. The van der Waals surface area contributed by atoms with Crippen LogP contribution in [-0.4, -0.2) is 38.7 Å². The molecule has 164 valence electrons. The Kier molecular flexibility index (Phi) is 5.43. The zero-order valence-electron chi connectivity index (χ0n) is 18.0. The smallest absolute Gasteiger partial charge is 0.229 e. The van der Waals surface area contributed by atoms with Gasteiger partial charge in [0.05, 0.1) is 19.1 Å². The summed E-state index contributed by atoms with van der Waals surface area (Å²) in [6.45, 7) is 2.26. The molecular weight excluding hydrogens is 405 g/mol. The molecule has 0 saturated carbocycles. The van der Waals surface area contributed by atoms with E-state index < -0.39 is 0 Å². The van der Waals surface area contributed by atoms with Gasteiger partial charge in [-0.15, -0.1) is 0 Å². The third kappa shape index (κ3) is 3.88. The minimum absolute atomic E-state index is 0.00267. The minimum atomic E-state index is -0.244. The van der Waals surface area contributed by atoms with Crippen LogP contribution in [0.25, 0.3) is 0 Å². The van der Waals surface area contributed by atoms with Crippen molar-refractivity contribution in [2.45, 2.75) is 12.5 Å². The topological polar surface area (TPSA) is 44.8 Å². The number of nitrogens with zero attached hydrogens (tertiary/aromatic N) is 2. The summed E-state index contributed by atoms with van der Waals surface area (Å²) in [5, 5.41) is 3.10. The second-order valence-electron chi connectivity index (χ2n) is 8.34. The molecule has 3 aromatic carbocycles. The van der Waals surface area contributed by atoms with Gasteiger partial charge in [0.2, 0.25) is 5.91 Å². The van der Waals surface area contributed by atoms with Gasteiger partial charge in [-0.1, -0.05) is 24.3 Å². The van der Waals surface area contributed by atoms with Crippen LogP contribution >= 0.6 is 0 Å². The first-order valence-corrected chi connectivity index (χ1v) is 10.9. The van der Waals surface area contributed by atoms with Gasteiger partial charge in [0, 0.05) is 42.8 Å². The van der Waals surface area contributed by atoms with Gasteiger partial charge in [0.1, 0.15) is 11.6 Å². The van der Waals surface area contributed by atoms with E-state index in [2.05, 4.69) is 27.2 Å². The predicted octanol–water partition coefficient (Wildman–Crippen LogP) is 4.34. The van der Waals surface area contributed by atoms with E-state index in [0.717, 1.165) is 41.5 Å². The van der Waals surface area contributed by atoms with Crippen molar-refractivity contribution >= 4 is 23.0 Å². The molecule has 32 heavy (non-hydrogen) atoms. The van der Waals surface area contributed by atoms with Crippen LogP contribution in [0.3, 0.4) is 0 Å².